The molecule has 1 aliphatic heterocycles. The predicted molar refractivity (Wildman–Crippen MR) is 123 cm³/mol. The number of ether oxygens (including phenoxy) is 2. The van der Waals surface area contributed by atoms with E-state index in [9.17, 15) is 14.4 Å². The van der Waals surface area contributed by atoms with Crippen molar-refractivity contribution >= 4 is 17.9 Å². The number of rotatable bonds is 10. The van der Waals surface area contributed by atoms with E-state index in [0.29, 0.717) is 25.8 Å². The maximum atomic E-state index is 13.6. The third-order valence-corrected chi connectivity index (χ3v) is 7.03. The van der Waals surface area contributed by atoms with Crippen molar-refractivity contribution in [2.45, 2.75) is 77.1 Å². The number of carboxylic acid groups (broad SMARTS) is 1. The molecule has 182 valence electrons. The molecule has 1 aromatic rings. The topological polar surface area (TPSA) is 114 Å². The van der Waals surface area contributed by atoms with Crippen LogP contribution in [-0.2, 0) is 25.5 Å². The first-order chi connectivity index (χ1) is 15.8. The first-order valence-corrected chi connectivity index (χ1v) is 12.0. The fraction of sp³-hybridized carbons (Fsp3) is 0.640. The molecule has 0 radical (unpaired) electrons. The molecular weight excluding hydrogens is 424 g/mol. The largest absolute Gasteiger partial charge is 0.507 e. The molecule has 2 unspecified atom stereocenters. The van der Waals surface area contributed by atoms with E-state index in [1.807, 2.05) is 37.3 Å². The second kappa shape index (κ2) is 11.6. The summed E-state index contributed by atoms with van der Waals surface area (Å²) in [6.07, 6.45) is 3.43. The molecule has 33 heavy (non-hydrogen) atoms. The van der Waals surface area contributed by atoms with Gasteiger partial charge in [0.2, 0.25) is 0 Å². The van der Waals surface area contributed by atoms with Crippen molar-refractivity contribution in [3.63, 3.8) is 0 Å². The number of carbonyl (C=O) groups is 3. The summed E-state index contributed by atoms with van der Waals surface area (Å²) in [5.74, 6) is -0.481. The molecule has 0 bridgehead atoms. The maximum absolute atomic E-state index is 13.6. The molecule has 0 aromatic heterocycles. The monoisotopic (exact) mass is 460 g/mol. The first kappa shape index (κ1) is 25.2. The van der Waals surface area contributed by atoms with Crippen molar-refractivity contribution in [3.8, 4) is 0 Å². The molecule has 3 N–H and O–H groups in total. The molecule has 1 aromatic carbocycles. The molecule has 0 amide bonds. The van der Waals surface area contributed by atoms with Crippen molar-refractivity contribution in [1.29, 1.82) is 0 Å². The number of carbonyl (C=O) groups excluding carboxylic acids is 2. The minimum atomic E-state index is -1.31. The molecule has 1 spiro atoms. The molecule has 1 heterocycles. The second-order valence-corrected chi connectivity index (χ2v) is 9.24. The van der Waals surface area contributed by atoms with Gasteiger partial charge in [-0.05, 0) is 50.5 Å². The molecule has 1 aliphatic carbocycles. The molecule has 5 atom stereocenters. The van der Waals surface area contributed by atoms with Crippen LogP contribution in [0, 0.1) is 11.3 Å². The number of esters is 1. The van der Waals surface area contributed by atoms with Gasteiger partial charge in [-0.3, -0.25) is 20.2 Å². The van der Waals surface area contributed by atoms with Gasteiger partial charge in [0.25, 0.3) is 0 Å². The van der Waals surface area contributed by atoms with Crippen LogP contribution in [0.1, 0.15) is 57.9 Å². The third-order valence-electron chi connectivity index (χ3n) is 7.03. The van der Waals surface area contributed by atoms with Gasteiger partial charge in [-0.25, -0.2) is 4.79 Å². The molecule has 1 saturated heterocycles. The zero-order chi connectivity index (χ0) is 23.8. The van der Waals surface area contributed by atoms with Gasteiger partial charge in [0, 0.05) is 18.9 Å². The van der Waals surface area contributed by atoms with E-state index in [2.05, 4.69) is 10.6 Å². The van der Waals surface area contributed by atoms with Crippen LogP contribution in [0.15, 0.2) is 30.3 Å². The lowest BCUT2D eigenvalue weighted by Gasteiger charge is -2.41. The van der Waals surface area contributed by atoms with Crippen molar-refractivity contribution < 1.29 is 29.0 Å². The summed E-state index contributed by atoms with van der Waals surface area (Å²) in [7, 11) is 0. The van der Waals surface area contributed by atoms with E-state index in [0.717, 1.165) is 31.2 Å². The average Bonchev–Trinajstić information content (AvgIpc) is 3.18. The normalized spacial score (nSPS) is 26.5. The van der Waals surface area contributed by atoms with Gasteiger partial charge in [0.05, 0.1) is 12.6 Å². The summed E-state index contributed by atoms with van der Waals surface area (Å²) in [5.41, 5.74) is 0.815. The van der Waals surface area contributed by atoms with Crippen LogP contribution in [0.25, 0.3) is 0 Å². The lowest BCUT2D eigenvalue weighted by molar-refractivity contribution is -0.146. The van der Waals surface area contributed by atoms with Crippen molar-refractivity contribution in [2.75, 3.05) is 13.2 Å². The van der Waals surface area contributed by atoms with Gasteiger partial charge >= 0.3 is 12.1 Å². The van der Waals surface area contributed by atoms with Crippen LogP contribution in [0.3, 0.4) is 0 Å². The highest BCUT2D eigenvalue weighted by Crippen LogP contribution is 2.48. The minimum absolute atomic E-state index is 0.0708. The van der Waals surface area contributed by atoms with Crippen LogP contribution >= 0.6 is 0 Å². The Bertz CT molecular complexity index is 816. The Hall–Kier alpha value is -2.45. The van der Waals surface area contributed by atoms with Crippen LogP contribution in [0.5, 0.6) is 0 Å². The average molecular weight is 461 g/mol. The smallest absolute Gasteiger partial charge is 0.465 e. The molecular formula is C25H36N2O6. The van der Waals surface area contributed by atoms with Gasteiger partial charge in [0.15, 0.2) is 12.0 Å². The summed E-state index contributed by atoms with van der Waals surface area (Å²) in [6, 6.07) is 8.83. The lowest BCUT2D eigenvalue weighted by atomic mass is 9.63. The van der Waals surface area contributed by atoms with Crippen LogP contribution in [-0.4, -0.2) is 54.5 Å². The highest BCUT2D eigenvalue weighted by Gasteiger charge is 2.50. The Morgan fingerprint density at radius 3 is 2.70 bits per heavy atom. The third kappa shape index (κ3) is 6.54. The van der Waals surface area contributed by atoms with Crippen molar-refractivity contribution in [2.24, 2.45) is 11.3 Å². The zero-order valence-electron chi connectivity index (χ0n) is 19.5. The van der Waals surface area contributed by atoms with Crippen LogP contribution in [0.2, 0.25) is 0 Å². The van der Waals surface area contributed by atoms with E-state index in [4.69, 9.17) is 14.6 Å². The van der Waals surface area contributed by atoms with Gasteiger partial charge in [-0.15, -0.1) is 0 Å². The standard InChI is InChI=1S/C25H36N2O6/c1-3-32-23(29)20(13-12-18-9-5-4-6-10-18)27-17(2)22(28)19-11-7-8-14-25(19)15-21(26-16-25)33-24(30)31/h4-6,9-10,17,19-21,26-27H,3,7-8,11-16H2,1-2H3,(H,30,31)/t17-,19?,20+,21+,25?/m1/s1. The van der Waals surface area contributed by atoms with E-state index >= 15 is 0 Å². The van der Waals surface area contributed by atoms with Gasteiger partial charge in [-0.2, -0.15) is 0 Å². The Morgan fingerprint density at radius 2 is 2.00 bits per heavy atom. The van der Waals surface area contributed by atoms with Crippen molar-refractivity contribution in [3.05, 3.63) is 35.9 Å². The minimum Gasteiger partial charge on any atom is -0.465 e. The molecule has 2 fully saturated rings. The zero-order valence-corrected chi connectivity index (χ0v) is 19.5. The Morgan fingerprint density at radius 1 is 1.24 bits per heavy atom. The van der Waals surface area contributed by atoms with Crippen molar-refractivity contribution in [1.82, 2.24) is 10.6 Å². The number of ketones is 1. The van der Waals surface area contributed by atoms with Gasteiger partial charge in [-0.1, -0.05) is 43.2 Å². The fourth-order valence-corrected chi connectivity index (χ4v) is 5.40. The molecule has 3 rings (SSSR count). The van der Waals surface area contributed by atoms with Gasteiger partial charge in [0.1, 0.15) is 6.04 Å². The van der Waals surface area contributed by atoms with E-state index in [1.54, 1.807) is 6.92 Å². The number of hydrogen-bond acceptors (Lipinski definition) is 7. The lowest BCUT2D eigenvalue weighted by Crippen LogP contribution is -2.51. The molecule has 2 aliphatic rings. The Labute approximate surface area is 195 Å². The summed E-state index contributed by atoms with van der Waals surface area (Å²) in [6.45, 7) is 4.43. The number of aryl methyl sites for hydroxylation is 1. The number of Topliss-reactive ketones (excluding diaryl/α,β-unsaturated/α-hetero) is 1. The van der Waals surface area contributed by atoms with Crippen LogP contribution < -0.4 is 10.6 Å². The van der Waals surface area contributed by atoms with E-state index < -0.39 is 24.5 Å². The molecule has 8 nitrogen and oxygen atoms in total. The first-order valence-electron chi connectivity index (χ1n) is 12.0. The number of benzene rings is 1. The number of hydrogen-bond donors (Lipinski definition) is 3. The summed E-state index contributed by atoms with van der Waals surface area (Å²) >= 11 is 0. The van der Waals surface area contributed by atoms with E-state index in [1.165, 1.54) is 0 Å². The SMILES string of the molecule is CCOC(=O)[C@H](CCc1ccccc1)N[C@H](C)C(=O)C1CCCCC12CN[C@@H](OC(=O)O)C2. The predicted octanol–water partition coefficient (Wildman–Crippen LogP) is 3.29. The Kier molecular flexibility index (Phi) is 8.86. The van der Waals surface area contributed by atoms with Crippen LogP contribution in [0.4, 0.5) is 4.79 Å². The second-order valence-electron chi connectivity index (χ2n) is 9.24. The summed E-state index contributed by atoms with van der Waals surface area (Å²) in [4.78, 5) is 37.2. The maximum Gasteiger partial charge on any atom is 0.507 e. The van der Waals surface area contributed by atoms with Gasteiger partial charge < -0.3 is 14.6 Å². The molecule has 1 saturated carbocycles. The quantitative estimate of drug-likeness (QED) is 0.456. The number of nitrogens with one attached hydrogen (secondary N) is 2. The fourth-order valence-electron chi connectivity index (χ4n) is 5.40. The highest BCUT2D eigenvalue weighted by molar-refractivity contribution is 5.88. The Balaban J connectivity index is 1.67. The highest BCUT2D eigenvalue weighted by atomic mass is 16.7. The van der Waals surface area contributed by atoms with E-state index in [-0.39, 0.29) is 29.7 Å². The summed E-state index contributed by atoms with van der Waals surface area (Å²) < 4.78 is 10.2. The summed E-state index contributed by atoms with van der Waals surface area (Å²) in [5, 5.41) is 15.4. The molecule has 8 heteroatoms.